The Labute approximate surface area is 88.3 Å². The normalized spacial score (nSPS) is 10.1. The second-order valence-corrected chi connectivity index (χ2v) is 4.32. The van der Waals surface area contributed by atoms with Crippen molar-refractivity contribution in [2.24, 2.45) is 0 Å². The second-order valence-electron chi connectivity index (χ2n) is 3.15. The van der Waals surface area contributed by atoms with E-state index in [0.29, 0.717) is 6.42 Å². The summed E-state index contributed by atoms with van der Waals surface area (Å²) in [5.41, 5.74) is 0. The average Bonchev–Trinajstić information content (AvgIpc) is 2.15. The molecular weight excluding hydrogens is 196 g/mol. The van der Waals surface area contributed by atoms with Crippen molar-refractivity contribution >= 4 is 17.5 Å². The lowest BCUT2D eigenvalue weighted by molar-refractivity contribution is -0.117. The van der Waals surface area contributed by atoms with E-state index in [4.69, 9.17) is 5.11 Å². The summed E-state index contributed by atoms with van der Waals surface area (Å²) in [5.74, 6) is 1.49. The van der Waals surface area contributed by atoms with Crippen LogP contribution < -0.4 is 0 Å². The molecule has 0 saturated carbocycles. The fraction of sp³-hybridized carbons (Fsp3) is 0.364. The van der Waals surface area contributed by atoms with Gasteiger partial charge in [0.05, 0.1) is 0 Å². The molecule has 0 heterocycles. The van der Waals surface area contributed by atoms with Gasteiger partial charge in [-0.3, -0.25) is 0 Å². The monoisotopic (exact) mass is 210 g/mol. The third-order valence-electron chi connectivity index (χ3n) is 1.78. The highest BCUT2D eigenvalue weighted by molar-refractivity contribution is 7.99. The van der Waals surface area contributed by atoms with E-state index in [1.54, 1.807) is 30.8 Å². The summed E-state index contributed by atoms with van der Waals surface area (Å²) in [7, 11) is 0. The molecule has 1 aromatic rings. The topological polar surface area (TPSA) is 37.3 Å². The van der Waals surface area contributed by atoms with Gasteiger partial charge in [0.2, 0.25) is 0 Å². The lowest BCUT2D eigenvalue weighted by atomic mass is 10.3. The molecule has 2 nitrogen and oxygen atoms in total. The van der Waals surface area contributed by atoms with Gasteiger partial charge >= 0.3 is 0 Å². The summed E-state index contributed by atoms with van der Waals surface area (Å²) < 4.78 is 0. The molecule has 0 aromatic heterocycles. The number of carbonyl (C=O) groups is 1. The fourth-order valence-electron chi connectivity index (χ4n) is 1.05. The fourth-order valence-corrected chi connectivity index (χ4v) is 1.91. The number of thioether (sulfide) groups is 1. The van der Waals surface area contributed by atoms with Gasteiger partial charge in [0, 0.05) is 11.3 Å². The Morgan fingerprint density at radius 1 is 1.36 bits per heavy atom. The maximum Gasteiger partial charge on any atom is 0.129 e. The molecule has 3 heteroatoms. The molecular formula is C11H14O2S. The Bertz CT molecular complexity index is 293. The zero-order chi connectivity index (χ0) is 10.4. The van der Waals surface area contributed by atoms with Crippen LogP contribution in [-0.4, -0.2) is 16.6 Å². The SMILES string of the molecule is CC(=O)CCCSc1ccc(O)cc1. The van der Waals surface area contributed by atoms with E-state index in [9.17, 15) is 4.79 Å². The first-order valence-electron chi connectivity index (χ1n) is 4.60. The first-order valence-corrected chi connectivity index (χ1v) is 5.58. The number of ketones is 1. The molecule has 0 unspecified atom stereocenters. The third kappa shape index (κ3) is 4.33. The molecule has 0 aliphatic carbocycles. The van der Waals surface area contributed by atoms with Crippen molar-refractivity contribution in [3.05, 3.63) is 24.3 Å². The summed E-state index contributed by atoms with van der Waals surface area (Å²) in [5, 5.41) is 9.05. The molecule has 0 bridgehead atoms. The highest BCUT2D eigenvalue weighted by Crippen LogP contribution is 2.21. The number of hydrogen-bond acceptors (Lipinski definition) is 3. The Hall–Kier alpha value is -0.960. The van der Waals surface area contributed by atoms with Crippen LogP contribution in [0.2, 0.25) is 0 Å². The predicted octanol–water partition coefficient (Wildman–Crippen LogP) is 2.85. The Kier molecular flexibility index (Phi) is 4.53. The van der Waals surface area contributed by atoms with E-state index in [1.165, 1.54) is 0 Å². The molecule has 0 radical (unpaired) electrons. The van der Waals surface area contributed by atoms with Crippen molar-refractivity contribution in [3.8, 4) is 5.75 Å². The van der Waals surface area contributed by atoms with Crippen LogP contribution in [0.4, 0.5) is 0 Å². The number of rotatable bonds is 5. The van der Waals surface area contributed by atoms with Crippen LogP contribution in [0.25, 0.3) is 0 Å². The van der Waals surface area contributed by atoms with Crippen LogP contribution in [0.1, 0.15) is 19.8 Å². The number of hydrogen-bond donors (Lipinski definition) is 1. The van der Waals surface area contributed by atoms with Gasteiger partial charge in [0.25, 0.3) is 0 Å². The minimum absolute atomic E-state index is 0.247. The van der Waals surface area contributed by atoms with Crippen molar-refractivity contribution in [2.75, 3.05) is 5.75 Å². The van der Waals surface area contributed by atoms with Crippen molar-refractivity contribution in [2.45, 2.75) is 24.7 Å². The Morgan fingerprint density at radius 2 is 2.00 bits per heavy atom. The molecule has 0 aliphatic heterocycles. The molecule has 0 amide bonds. The second kappa shape index (κ2) is 5.70. The quantitative estimate of drug-likeness (QED) is 0.599. The maximum absolute atomic E-state index is 10.7. The highest BCUT2D eigenvalue weighted by Gasteiger charge is 1.96. The molecule has 76 valence electrons. The van der Waals surface area contributed by atoms with E-state index in [0.717, 1.165) is 17.1 Å². The Morgan fingerprint density at radius 3 is 2.57 bits per heavy atom. The number of aromatic hydroxyl groups is 1. The van der Waals surface area contributed by atoms with Crippen molar-refractivity contribution in [1.29, 1.82) is 0 Å². The smallest absolute Gasteiger partial charge is 0.129 e. The molecule has 0 aliphatic rings. The van der Waals surface area contributed by atoms with Gasteiger partial charge < -0.3 is 9.90 Å². The molecule has 1 N–H and O–H groups in total. The van der Waals surface area contributed by atoms with Crippen molar-refractivity contribution in [3.63, 3.8) is 0 Å². The van der Waals surface area contributed by atoms with Gasteiger partial charge in [-0.05, 0) is 43.4 Å². The number of phenolic OH excluding ortho intramolecular Hbond substituents is 1. The summed E-state index contributed by atoms with van der Waals surface area (Å²) in [4.78, 5) is 11.8. The number of benzene rings is 1. The van der Waals surface area contributed by atoms with Gasteiger partial charge in [-0.25, -0.2) is 0 Å². The van der Waals surface area contributed by atoms with E-state index < -0.39 is 0 Å². The molecule has 0 saturated heterocycles. The molecule has 0 spiro atoms. The summed E-state index contributed by atoms with van der Waals surface area (Å²) >= 11 is 1.71. The average molecular weight is 210 g/mol. The van der Waals surface area contributed by atoms with Crippen LogP contribution in [0.5, 0.6) is 5.75 Å². The maximum atomic E-state index is 10.7. The van der Waals surface area contributed by atoms with E-state index in [1.807, 2.05) is 12.1 Å². The van der Waals surface area contributed by atoms with Crippen LogP contribution >= 0.6 is 11.8 Å². The largest absolute Gasteiger partial charge is 0.508 e. The molecule has 1 aromatic carbocycles. The minimum atomic E-state index is 0.247. The lowest BCUT2D eigenvalue weighted by Crippen LogP contribution is -1.90. The lowest BCUT2D eigenvalue weighted by Gasteiger charge is -2.00. The van der Waals surface area contributed by atoms with Crippen LogP contribution in [-0.2, 0) is 4.79 Å². The van der Waals surface area contributed by atoms with Gasteiger partial charge in [-0.2, -0.15) is 0 Å². The molecule has 0 fully saturated rings. The molecule has 1 rings (SSSR count). The van der Waals surface area contributed by atoms with Gasteiger partial charge in [0.15, 0.2) is 0 Å². The van der Waals surface area contributed by atoms with Gasteiger partial charge in [0.1, 0.15) is 11.5 Å². The highest BCUT2D eigenvalue weighted by atomic mass is 32.2. The van der Waals surface area contributed by atoms with Gasteiger partial charge in [-0.1, -0.05) is 0 Å². The van der Waals surface area contributed by atoms with Crippen LogP contribution in [0.15, 0.2) is 29.2 Å². The summed E-state index contributed by atoms with van der Waals surface area (Å²) in [6, 6.07) is 7.11. The number of phenols is 1. The zero-order valence-electron chi connectivity index (χ0n) is 8.19. The molecule has 14 heavy (non-hydrogen) atoms. The number of carbonyl (C=O) groups excluding carboxylic acids is 1. The van der Waals surface area contributed by atoms with E-state index >= 15 is 0 Å². The van der Waals surface area contributed by atoms with Crippen molar-refractivity contribution in [1.82, 2.24) is 0 Å². The third-order valence-corrected chi connectivity index (χ3v) is 2.88. The zero-order valence-corrected chi connectivity index (χ0v) is 9.01. The molecule has 0 atom stereocenters. The van der Waals surface area contributed by atoms with Crippen molar-refractivity contribution < 1.29 is 9.90 Å². The predicted molar refractivity (Wildman–Crippen MR) is 58.7 cm³/mol. The van der Waals surface area contributed by atoms with Crippen LogP contribution in [0.3, 0.4) is 0 Å². The van der Waals surface area contributed by atoms with Gasteiger partial charge in [-0.15, -0.1) is 11.8 Å². The minimum Gasteiger partial charge on any atom is -0.508 e. The number of Topliss-reactive ketones (excluding diaryl/α,β-unsaturated/α-hetero) is 1. The first-order chi connectivity index (χ1) is 6.68. The Balaban J connectivity index is 2.25. The summed E-state index contributed by atoms with van der Waals surface area (Å²) in [6.07, 6.45) is 1.58. The van der Waals surface area contributed by atoms with E-state index in [2.05, 4.69) is 0 Å². The first kappa shape index (κ1) is 11.1. The van der Waals surface area contributed by atoms with E-state index in [-0.39, 0.29) is 11.5 Å². The standard InChI is InChI=1S/C11H14O2S/c1-9(12)3-2-8-14-11-6-4-10(13)5-7-11/h4-7,13H,2-3,8H2,1H3. The summed E-state index contributed by atoms with van der Waals surface area (Å²) in [6.45, 7) is 1.62. The van der Waals surface area contributed by atoms with Crippen LogP contribution in [0, 0.1) is 0 Å².